The maximum atomic E-state index is 11.9. The van der Waals surface area contributed by atoms with E-state index in [1.165, 1.54) is 36.7 Å². The summed E-state index contributed by atoms with van der Waals surface area (Å²) in [5.41, 5.74) is 0.353. The molecule has 0 spiro atoms. The summed E-state index contributed by atoms with van der Waals surface area (Å²) in [7, 11) is -3.77. The Hall–Kier alpha value is -3.09. The number of nitriles is 1. The third-order valence-electron chi connectivity index (χ3n) is 2.93. The zero-order valence-corrected chi connectivity index (χ0v) is 13.2. The van der Waals surface area contributed by atoms with Crippen LogP contribution in [-0.4, -0.2) is 14.3 Å². The van der Waals surface area contributed by atoms with Crippen molar-refractivity contribution in [2.24, 2.45) is 5.14 Å². The van der Waals surface area contributed by atoms with Gasteiger partial charge in [0.2, 0.25) is 10.0 Å². The molecule has 0 fully saturated rings. The predicted octanol–water partition coefficient (Wildman–Crippen LogP) is 1.06. The minimum absolute atomic E-state index is 0.0336. The van der Waals surface area contributed by atoms with Crippen LogP contribution in [0.4, 0.5) is 5.69 Å². The highest BCUT2D eigenvalue weighted by molar-refractivity contribution is 7.89. The Morgan fingerprint density at radius 3 is 2.54 bits per heavy atom. The lowest BCUT2D eigenvalue weighted by Gasteiger charge is -2.05. The fourth-order valence-corrected chi connectivity index (χ4v) is 2.24. The minimum Gasteiger partial charge on any atom is -0.467 e. The quantitative estimate of drug-likeness (QED) is 0.528. The number of carbonyl (C=O) groups is 1. The second-order valence-electron chi connectivity index (χ2n) is 4.65. The molecule has 1 heterocycles. The average Bonchev–Trinajstić information content (AvgIpc) is 3.06. The van der Waals surface area contributed by atoms with Gasteiger partial charge >= 0.3 is 0 Å². The van der Waals surface area contributed by atoms with Gasteiger partial charge in [0, 0.05) is 11.9 Å². The fourth-order valence-electron chi connectivity index (χ4n) is 1.72. The largest absolute Gasteiger partial charge is 0.467 e. The first-order valence-electron chi connectivity index (χ1n) is 6.70. The molecule has 8 nitrogen and oxygen atoms in total. The summed E-state index contributed by atoms with van der Waals surface area (Å²) in [6, 6.07) is 10.7. The Morgan fingerprint density at radius 1 is 1.29 bits per heavy atom. The molecule has 0 aliphatic heterocycles. The third-order valence-corrected chi connectivity index (χ3v) is 3.86. The van der Waals surface area contributed by atoms with Gasteiger partial charge in [-0.05, 0) is 36.4 Å². The van der Waals surface area contributed by atoms with Gasteiger partial charge in [-0.25, -0.2) is 13.6 Å². The van der Waals surface area contributed by atoms with E-state index in [9.17, 15) is 13.2 Å². The van der Waals surface area contributed by atoms with E-state index in [1.54, 1.807) is 18.2 Å². The number of nitrogens with one attached hydrogen (secondary N) is 2. The van der Waals surface area contributed by atoms with Gasteiger partial charge in [-0.1, -0.05) is 0 Å². The van der Waals surface area contributed by atoms with Gasteiger partial charge in [-0.15, -0.1) is 0 Å². The van der Waals surface area contributed by atoms with Crippen molar-refractivity contribution < 1.29 is 17.6 Å². The molecule has 0 bridgehead atoms. The molecule has 0 aliphatic rings. The van der Waals surface area contributed by atoms with Crippen LogP contribution < -0.4 is 15.8 Å². The summed E-state index contributed by atoms with van der Waals surface area (Å²) in [6.45, 7) is 0.161. The first-order valence-corrected chi connectivity index (χ1v) is 8.25. The molecule has 0 unspecified atom stereocenters. The third kappa shape index (κ3) is 4.70. The molecule has 0 saturated carbocycles. The van der Waals surface area contributed by atoms with Gasteiger partial charge in [0.1, 0.15) is 17.4 Å². The number of benzene rings is 1. The lowest BCUT2D eigenvalue weighted by molar-refractivity contribution is -0.117. The number of hydrogen-bond donors (Lipinski definition) is 3. The summed E-state index contributed by atoms with van der Waals surface area (Å²) >= 11 is 0. The van der Waals surface area contributed by atoms with Crippen LogP contribution in [0.1, 0.15) is 5.76 Å². The number of primary sulfonamides is 1. The standard InChI is InChI=1S/C15H14N4O4S/c16-8-11(15(20)19-10-13-2-1-7-23-13)9-18-12-3-5-14(6-4-12)24(17,21)22/h1-7,9,18H,10H2,(H,19,20)(H2,17,21,22)/b11-9-. The molecule has 2 aromatic rings. The molecule has 2 rings (SSSR count). The first-order chi connectivity index (χ1) is 11.4. The molecular formula is C15H14N4O4S. The average molecular weight is 346 g/mol. The lowest BCUT2D eigenvalue weighted by Crippen LogP contribution is -2.24. The summed E-state index contributed by atoms with van der Waals surface area (Å²) in [5, 5.41) is 19.3. The van der Waals surface area contributed by atoms with E-state index < -0.39 is 15.9 Å². The van der Waals surface area contributed by atoms with Crippen molar-refractivity contribution in [1.29, 1.82) is 5.26 Å². The van der Waals surface area contributed by atoms with Crippen LogP contribution in [0.15, 0.2) is 63.7 Å². The van der Waals surface area contributed by atoms with Crippen LogP contribution in [-0.2, 0) is 21.4 Å². The van der Waals surface area contributed by atoms with E-state index in [2.05, 4.69) is 10.6 Å². The number of hydrogen-bond acceptors (Lipinski definition) is 6. The molecular weight excluding hydrogens is 332 g/mol. The Bertz CT molecular complexity index is 879. The van der Waals surface area contributed by atoms with Crippen molar-refractivity contribution in [2.45, 2.75) is 11.4 Å². The smallest absolute Gasteiger partial charge is 0.263 e. The van der Waals surface area contributed by atoms with Crippen LogP contribution in [0.25, 0.3) is 0 Å². The van der Waals surface area contributed by atoms with Crippen molar-refractivity contribution in [3.05, 3.63) is 60.2 Å². The van der Waals surface area contributed by atoms with Crippen LogP contribution in [0, 0.1) is 11.3 Å². The van der Waals surface area contributed by atoms with E-state index in [1.807, 2.05) is 0 Å². The second kappa shape index (κ2) is 7.45. The molecule has 0 atom stereocenters. The van der Waals surface area contributed by atoms with E-state index >= 15 is 0 Å². The SMILES string of the molecule is N#C/C(=C/Nc1ccc(S(N)(=O)=O)cc1)C(=O)NCc1ccco1. The highest BCUT2D eigenvalue weighted by Crippen LogP contribution is 2.13. The van der Waals surface area contributed by atoms with Crippen LogP contribution in [0.2, 0.25) is 0 Å². The highest BCUT2D eigenvalue weighted by Gasteiger charge is 2.10. The number of sulfonamides is 1. The molecule has 1 aromatic carbocycles. The summed E-state index contributed by atoms with van der Waals surface area (Å²) in [5.74, 6) is -0.00487. The number of nitrogens with two attached hydrogens (primary N) is 1. The summed E-state index contributed by atoms with van der Waals surface area (Å²) in [6.07, 6.45) is 2.71. The summed E-state index contributed by atoms with van der Waals surface area (Å²) < 4.78 is 27.4. The Labute approximate surface area is 138 Å². The summed E-state index contributed by atoms with van der Waals surface area (Å²) in [4.78, 5) is 11.9. The van der Waals surface area contributed by atoms with Gasteiger partial charge in [0.15, 0.2) is 0 Å². The number of carbonyl (C=O) groups excluding carboxylic acids is 1. The number of furan rings is 1. The fraction of sp³-hybridized carbons (Fsp3) is 0.0667. The number of amides is 1. The maximum Gasteiger partial charge on any atom is 0.263 e. The highest BCUT2D eigenvalue weighted by atomic mass is 32.2. The minimum atomic E-state index is -3.77. The molecule has 24 heavy (non-hydrogen) atoms. The zero-order chi connectivity index (χ0) is 17.6. The van der Waals surface area contributed by atoms with Crippen LogP contribution in [0.5, 0.6) is 0 Å². The van der Waals surface area contributed by atoms with E-state index in [0.29, 0.717) is 11.4 Å². The second-order valence-corrected chi connectivity index (χ2v) is 6.21. The maximum absolute atomic E-state index is 11.9. The molecule has 0 saturated heterocycles. The molecule has 1 aromatic heterocycles. The Kier molecular flexibility index (Phi) is 5.36. The van der Waals surface area contributed by atoms with E-state index in [0.717, 1.165) is 0 Å². The van der Waals surface area contributed by atoms with Crippen molar-refractivity contribution in [1.82, 2.24) is 5.32 Å². The molecule has 0 radical (unpaired) electrons. The molecule has 124 valence electrons. The molecule has 1 amide bonds. The number of rotatable bonds is 6. The molecule has 4 N–H and O–H groups in total. The molecule has 0 aliphatic carbocycles. The number of nitrogens with zero attached hydrogens (tertiary/aromatic N) is 1. The normalized spacial score (nSPS) is 11.6. The monoisotopic (exact) mass is 346 g/mol. The van der Waals surface area contributed by atoms with E-state index in [4.69, 9.17) is 14.8 Å². The topological polar surface area (TPSA) is 138 Å². The lowest BCUT2D eigenvalue weighted by atomic mass is 10.2. The van der Waals surface area contributed by atoms with Crippen LogP contribution in [0.3, 0.4) is 0 Å². The van der Waals surface area contributed by atoms with Gasteiger partial charge in [0.05, 0.1) is 17.7 Å². The number of anilines is 1. The van der Waals surface area contributed by atoms with Crippen molar-refractivity contribution >= 4 is 21.6 Å². The first kappa shape index (κ1) is 17.3. The Morgan fingerprint density at radius 2 is 2.00 bits per heavy atom. The predicted molar refractivity (Wildman–Crippen MR) is 85.7 cm³/mol. The van der Waals surface area contributed by atoms with E-state index in [-0.39, 0.29) is 17.0 Å². The van der Waals surface area contributed by atoms with Crippen LogP contribution >= 0.6 is 0 Å². The molecule has 9 heteroatoms. The van der Waals surface area contributed by atoms with Gasteiger partial charge in [-0.3, -0.25) is 4.79 Å². The Balaban J connectivity index is 2.00. The van der Waals surface area contributed by atoms with Gasteiger partial charge < -0.3 is 15.1 Å². The van der Waals surface area contributed by atoms with Gasteiger partial charge in [0.25, 0.3) is 5.91 Å². The van der Waals surface area contributed by atoms with Crippen molar-refractivity contribution in [3.63, 3.8) is 0 Å². The zero-order valence-electron chi connectivity index (χ0n) is 12.4. The van der Waals surface area contributed by atoms with Crippen molar-refractivity contribution in [2.75, 3.05) is 5.32 Å². The van der Waals surface area contributed by atoms with Gasteiger partial charge in [-0.2, -0.15) is 5.26 Å². The van der Waals surface area contributed by atoms with Crippen molar-refractivity contribution in [3.8, 4) is 6.07 Å².